The fourth-order valence-corrected chi connectivity index (χ4v) is 3.29. The van der Waals surface area contributed by atoms with Crippen molar-refractivity contribution in [2.75, 3.05) is 26.9 Å². The van der Waals surface area contributed by atoms with Crippen LogP contribution in [0.25, 0.3) is 0 Å². The van der Waals surface area contributed by atoms with Gasteiger partial charge in [-0.05, 0) is 25.0 Å². The molecule has 0 aliphatic carbocycles. The van der Waals surface area contributed by atoms with Gasteiger partial charge in [0.05, 0.1) is 6.61 Å². The van der Waals surface area contributed by atoms with Crippen molar-refractivity contribution in [2.24, 2.45) is 4.99 Å². The van der Waals surface area contributed by atoms with Gasteiger partial charge >= 0.3 is 0 Å². The molecule has 7 nitrogen and oxygen atoms in total. The summed E-state index contributed by atoms with van der Waals surface area (Å²) in [6.45, 7) is 4.01. The highest BCUT2D eigenvalue weighted by atomic mass is 19.1. The highest BCUT2D eigenvalue weighted by Crippen LogP contribution is 2.29. The van der Waals surface area contributed by atoms with E-state index < -0.39 is 0 Å². The molecule has 0 unspecified atom stereocenters. The molecule has 1 amide bonds. The van der Waals surface area contributed by atoms with E-state index in [2.05, 4.69) is 15.6 Å². The Morgan fingerprint density at radius 3 is 2.85 bits per heavy atom. The van der Waals surface area contributed by atoms with Gasteiger partial charge in [0.1, 0.15) is 11.6 Å². The van der Waals surface area contributed by atoms with Gasteiger partial charge in [-0.2, -0.15) is 0 Å². The molecule has 2 N–H and O–H groups in total. The van der Waals surface area contributed by atoms with E-state index in [1.54, 1.807) is 14.0 Å². The first-order valence-electron chi connectivity index (χ1n) is 8.81. The Labute approximate surface area is 152 Å². The van der Waals surface area contributed by atoms with E-state index in [-0.39, 0.29) is 24.6 Å². The lowest BCUT2D eigenvalue weighted by molar-refractivity contribution is -0.129. The number of halogens is 1. The molecule has 0 spiro atoms. The lowest BCUT2D eigenvalue weighted by Crippen LogP contribution is -2.49. The number of hydrogen-bond donors (Lipinski definition) is 2. The average Bonchev–Trinajstić information content (AvgIpc) is 2.65. The van der Waals surface area contributed by atoms with Crippen LogP contribution in [-0.2, 0) is 22.7 Å². The summed E-state index contributed by atoms with van der Waals surface area (Å²) in [6.07, 6.45) is 1.74. The van der Waals surface area contributed by atoms with Crippen molar-refractivity contribution in [1.82, 2.24) is 15.5 Å². The minimum atomic E-state index is -0.311. The number of rotatable bonds is 3. The van der Waals surface area contributed by atoms with Gasteiger partial charge in [0.15, 0.2) is 12.8 Å². The summed E-state index contributed by atoms with van der Waals surface area (Å²) < 4.78 is 24.6. The molecular formula is C18H25FN4O3. The standard InChI is InChI=1S/C18H25FN4O3/c1-12(24)23-5-3-16(4-6-23)22-18(20-2)21-9-13-7-15(19)8-14-10-25-11-26-17(13)14/h7-8,16H,3-6,9-11H2,1-2H3,(H2,20,21,22). The second-order valence-electron chi connectivity index (χ2n) is 6.51. The van der Waals surface area contributed by atoms with E-state index in [0.29, 0.717) is 30.4 Å². The van der Waals surface area contributed by atoms with Crippen LogP contribution in [0.2, 0.25) is 0 Å². The van der Waals surface area contributed by atoms with Gasteiger partial charge in [-0.1, -0.05) is 0 Å². The van der Waals surface area contributed by atoms with Gasteiger partial charge in [0.25, 0.3) is 0 Å². The number of guanidine groups is 1. The number of piperidine rings is 1. The van der Waals surface area contributed by atoms with Crippen molar-refractivity contribution in [3.05, 3.63) is 29.1 Å². The molecule has 8 heteroatoms. The number of carbonyl (C=O) groups excluding carboxylic acids is 1. The summed E-state index contributed by atoms with van der Waals surface area (Å²) in [5, 5.41) is 6.59. The molecule has 0 bridgehead atoms. The van der Waals surface area contributed by atoms with E-state index in [0.717, 1.165) is 31.5 Å². The monoisotopic (exact) mass is 364 g/mol. The number of fused-ring (bicyclic) bond motifs is 1. The molecular weight excluding hydrogens is 339 g/mol. The lowest BCUT2D eigenvalue weighted by atomic mass is 10.1. The largest absolute Gasteiger partial charge is 0.467 e. The van der Waals surface area contributed by atoms with Gasteiger partial charge in [-0.3, -0.25) is 9.79 Å². The third-order valence-electron chi connectivity index (χ3n) is 4.70. The second kappa shape index (κ2) is 8.35. The molecule has 142 valence electrons. The lowest BCUT2D eigenvalue weighted by Gasteiger charge is -2.32. The third-order valence-corrected chi connectivity index (χ3v) is 4.70. The van der Waals surface area contributed by atoms with Crippen LogP contribution < -0.4 is 15.4 Å². The zero-order chi connectivity index (χ0) is 18.5. The maximum Gasteiger partial charge on any atom is 0.219 e. The summed E-state index contributed by atoms with van der Waals surface area (Å²) in [6, 6.07) is 3.16. The van der Waals surface area contributed by atoms with Crippen molar-refractivity contribution in [1.29, 1.82) is 0 Å². The van der Waals surface area contributed by atoms with Crippen LogP contribution in [0, 0.1) is 5.82 Å². The minimum Gasteiger partial charge on any atom is -0.467 e. The van der Waals surface area contributed by atoms with E-state index in [1.807, 2.05) is 4.90 Å². The molecule has 1 aromatic rings. The topological polar surface area (TPSA) is 75.2 Å². The molecule has 1 saturated heterocycles. The summed E-state index contributed by atoms with van der Waals surface area (Å²) >= 11 is 0. The number of ether oxygens (including phenoxy) is 2. The molecule has 0 radical (unpaired) electrons. The molecule has 0 atom stereocenters. The molecule has 3 rings (SSSR count). The van der Waals surface area contributed by atoms with Crippen molar-refractivity contribution >= 4 is 11.9 Å². The molecule has 2 aliphatic heterocycles. The number of aliphatic imine (C=N–C) groups is 1. The number of nitrogens with one attached hydrogen (secondary N) is 2. The fraction of sp³-hybridized carbons (Fsp3) is 0.556. The molecule has 1 fully saturated rings. The Bertz CT molecular complexity index is 687. The zero-order valence-corrected chi connectivity index (χ0v) is 15.2. The second-order valence-corrected chi connectivity index (χ2v) is 6.51. The quantitative estimate of drug-likeness (QED) is 0.626. The number of nitrogens with zero attached hydrogens (tertiary/aromatic N) is 2. The van der Waals surface area contributed by atoms with Crippen LogP contribution in [0.3, 0.4) is 0 Å². The van der Waals surface area contributed by atoms with Gasteiger partial charge in [0.2, 0.25) is 5.91 Å². The SMILES string of the molecule is CN=C(NCc1cc(F)cc2c1OCOC2)NC1CCN(C(C)=O)CC1. The number of hydrogen-bond acceptors (Lipinski definition) is 4. The normalized spacial score (nSPS) is 18.1. The van der Waals surface area contributed by atoms with Gasteiger partial charge in [-0.25, -0.2) is 4.39 Å². The Balaban J connectivity index is 1.57. The maximum absolute atomic E-state index is 13.8. The van der Waals surface area contributed by atoms with Crippen LogP contribution >= 0.6 is 0 Å². The number of likely N-dealkylation sites (tertiary alicyclic amines) is 1. The van der Waals surface area contributed by atoms with Gasteiger partial charge in [-0.15, -0.1) is 0 Å². The van der Waals surface area contributed by atoms with Crippen molar-refractivity contribution in [3.8, 4) is 5.75 Å². The van der Waals surface area contributed by atoms with Gasteiger partial charge in [0, 0.05) is 50.8 Å². The predicted octanol–water partition coefficient (Wildman–Crippen LogP) is 1.37. The Kier molecular flexibility index (Phi) is 5.92. The van der Waals surface area contributed by atoms with Crippen LogP contribution in [0.4, 0.5) is 4.39 Å². The fourth-order valence-electron chi connectivity index (χ4n) is 3.29. The summed E-state index contributed by atoms with van der Waals surface area (Å²) in [5.74, 6) is 1.13. The Hall–Kier alpha value is -2.35. The molecule has 0 aromatic heterocycles. The number of carbonyl (C=O) groups is 1. The first-order valence-corrected chi connectivity index (χ1v) is 8.81. The Morgan fingerprint density at radius 2 is 2.15 bits per heavy atom. The minimum absolute atomic E-state index is 0.116. The van der Waals surface area contributed by atoms with Crippen molar-refractivity contribution in [3.63, 3.8) is 0 Å². The number of benzene rings is 1. The molecule has 1 aromatic carbocycles. The first-order chi connectivity index (χ1) is 12.6. The van der Waals surface area contributed by atoms with E-state index in [4.69, 9.17) is 9.47 Å². The molecule has 2 heterocycles. The third kappa shape index (κ3) is 4.43. The molecule has 0 saturated carbocycles. The Morgan fingerprint density at radius 1 is 1.38 bits per heavy atom. The van der Waals surface area contributed by atoms with Crippen LogP contribution in [0.5, 0.6) is 5.75 Å². The van der Waals surface area contributed by atoms with Crippen molar-refractivity contribution in [2.45, 2.75) is 39.0 Å². The smallest absolute Gasteiger partial charge is 0.219 e. The van der Waals surface area contributed by atoms with Gasteiger partial charge < -0.3 is 25.0 Å². The molecule has 26 heavy (non-hydrogen) atoms. The van der Waals surface area contributed by atoms with E-state index in [1.165, 1.54) is 12.1 Å². The maximum atomic E-state index is 13.8. The van der Waals surface area contributed by atoms with E-state index in [9.17, 15) is 9.18 Å². The highest BCUT2D eigenvalue weighted by molar-refractivity contribution is 5.80. The first kappa shape index (κ1) is 18.4. The predicted molar refractivity (Wildman–Crippen MR) is 95.3 cm³/mol. The van der Waals surface area contributed by atoms with Crippen molar-refractivity contribution < 1.29 is 18.7 Å². The summed E-state index contributed by atoms with van der Waals surface area (Å²) in [7, 11) is 1.70. The average molecular weight is 364 g/mol. The van der Waals surface area contributed by atoms with Crippen LogP contribution in [0.1, 0.15) is 30.9 Å². The summed E-state index contributed by atoms with van der Waals surface area (Å²) in [4.78, 5) is 17.5. The summed E-state index contributed by atoms with van der Waals surface area (Å²) in [5.41, 5.74) is 1.45. The van der Waals surface area contributed by atoms with Crippen LogP contribution in [0.15, 0.2) is 17.1 Å². The van der Waals surface area contributed by atoms with E-state index >= 15 is 0 Å². The van der Waals surface area contributed by atoms with Crippen LogP contribution in [-0.4, -0.2) is 49.7 Å². The zero-order valence-electron chi connectivity index (χ0n) is 15.2. The highest BCUT2D eigenvalue weighted by Gasteiger charge is 2.22. The molecule has 2 aliphatic rings. The number of amides is 1.